The third-order valence-corrected chi connectivity index (χ3v) is 9.62. The molecule has 0 aromatic heterocycles. The highest BCUT2D eigenvalue weighted by Gasteiger charge is 2.49. The molecule has 3 aliphatic heterocycles. The SMILES string of the molecule is CCC1OC(OC2C(C)C(C)OC(C)C2OC2OC(C)C(C)C(C)C2C)C(C)C(C)C1C. The van der Waals surface area contributed by atoms with Crippen LogP contribution >= 0.6 is 0 Å². The maximum Gasteiger partial charge on any atom is 0.161 e. The molecule has 15 atom stereocenters. The van der Waals surface area contributed by atoms with E-state index in [0.29, 0.717) is 35.5 Å². The van der Waals surface area contributed by atoms with E-state index in [-0.39, 0.29) is 55.1 Å². The minimum atomic E-state index is -0.244. The van der Waals surface area contributed by atoms with Crippen LogP contribution in [0.4, 0.5) is 0 Å². The fourth-order valence-corrected chi connectivity index (χ4v) is 5.95. The lowest BCUT2D eigenvalue weighted by atomic mass is 9.78. The Balaban J connectivity index is 1.79. The Kier molecular flexibility index (Phi) is 8.75. The summed E-state index contributed by atoms with van der Waals surface area (Å²) in [7, 11) is 0. The normalized spacial score (nSPS) is 55.0. The van der Waals surface area contributed by atoms with Crippen LogP contribution in [0.5, 0.6) is 0 Å². The van der Waals surface area contributed by atoms with E-state index in [9.17, 15) is 0 Å². The lowest BCUT2D eigenvalue weighted by Gasteiger charge is -2.50. The van der Waals surface area contributed by atoms with Gasteiger partial charge in [-0.2, -0.15) is 0 Å². The first-order chi connectivity index (χ1) is 15.0. The van der Waals surface area contributed by atoms with Crippen LogP contribution in [0.25, 0.3) is 0 Å². The Hall–Kier alpha value is -0.200. The minimum absolute atomic E-state index is 0.0656. The summed E-state index contributed by atoms with van der Waals surface area (Å²) < 4.78 is 32.7. The van der Waals surface area contributed by atoms with E-state index in [4.69, 9.17) is 23.7 Å². The number of hydrogen-bond donors (Lipinski definition) is 0. The molecule has 5 heteroatoms. The van der Waals surface area contributed by atoms with Crippen LogP contribution in [0.15, 0.2) is 0 Å². The second-order valence-electron chi connectivity index (χ2n) is 11.4. The summed E-state index contributed by atoms with van der Waals surface area (Å²) >= 11 is 0. The molecule has 0 aliphatic carbocycles. The van der Waals surface area contributed by atoms with Gasteiger partial charge in [0.05, 0.1) is 30.5 Å². The van der Waals surface area contributed by atoms with Crippen molar-refractivity contribution in [3.63, 3.8) is 0 Å². The molecule has 0 aromatic rings. The Bertz CT molecular complexity index is 597. The summed E-state index contributed by atoms with van der Waals surface area (Å²) in [5, 5.41) is 0. The second-order valence-corrected chi connectivity index (χ2v) is 11.4. The molecule has 0 bridgehead atoms. The van der Waals surface area contributed by atoms with Crippen molar-refractivity contribution < 1.29 is 23.7 Å². The van der Waals surface area contributed by atoms with E-state index >= 15 is 0 Å². The quantitative estimate of drug-likeness (QED) is 0.518. The fraction of sp³-hybridized carbons (Fsp3) is 1.00. The Morgan fingerprint density at radius 3 is 1.56 bits per heavy atom. The van der Waals surface area contributed by atoms with Crippen molar-refractivity contribution >= 4 is 0 Å². The lowest BCUT2D eigenvalue weighted by Crippen LogP contribution is -2.59. The van der Waals surface area contributed by atoms with Gasteiger partial charge < -0.3 is 23.7 Å². The first-order valence-electron chi connectivity index (χ1n) is 13.2. The average molecular weight is 455 g/mol. The summed E-state index contributed by atoms with van der Waals surface area (Å²) in [6.45, 7) is 24.6. The van der Waals surface area contributed by atoms with Gasteiger partial charge in [-0.15, -0.1) is 0 Å². The lowest BCUT2D eigenvalue weighted by molar-refractivity contribution is -0.339. The topological polar surface area (TPSA) is 46.2 Å². The van der Waals surface area contributed by atoms with Crippen molar-refractivity contribution in [2.45, 2.75) is 132 Å². The molecule has 0 amide bonds. The summed E-state index contributed by atoms with van der Waals surface area (Å²) in [6, 6.07) is 0. The highest BCUT2D eigenvalue weighted by molar-refractivity contribution is 4.92. The van der Waals surface area contributed by atoms with E-state index in [1.54, 1.807) is 0 Å². The molecule has 0 spiro atoms. The third kappa shape index (κ3) is 5.07. The van der Waals surface area contributed by atoms with Crippen molar-refractivity contribution in [1.82, 2.24) is 0 Å². The van der Waals surface area contributed by atoms with E-state index < -0.39 is 0 Å². The average Bonchev–Trinajstić information content (AvgIpc) is 2.76. The van der Waals surface area contributed by atoms with Gasteiger partial charge in [0.25, 0.3) is 0 Å². The van der Waals surface area contributed by atoms with Crippen LogP contribution in [0.2, 0.25) is 0 Å². The van der Waals surface area contributed by atoms with E-state index in [1.807, 2.05) is 0 Å². The smallest absolute Gasteiger partial charge is 0.161 e. The van der Waals surface area contributed by atoms with Crippen LogP contribution in [0.1, 0.15) is 82.6 Å². The largest absolute Gasteiger partial charge is 0.372 e. The molecule has 5 nitrogen and oxygen atoms in total. The maximum atomic E-state index is 6.83. The van der Waals surface area contributed by atoms with Crippen LogP contribution in [0.3, 0.4) is 0 Å². The Labute approximate surface area is 197 Å². The summed E-state index contributed by atoms with van der Waals surface area (Å²) in [5.74, 6) is 2.99. The highest BCUT2D eigenvalue weighted by atomic mass is 16.7. The van der Waals surface area contributed by atoms with Crippen LogP contribution in [0, 0.1) is 41.4 Å². The van der Waals surface area contributed by atoms with Crippen LogP contribution in [-0.2, 0) is 23.7 Å². The Morgan fingerprint density at radius 2 is 0.969 bits per heavy atom. The Morgan fingerprint density at radius 1 is 0.469 bits per heavy atom. The predicted octanol–water partition coefficient (Wildman–Crippen LogP) is 5.90. The molecule has 32 heavy (non-hydrogen) atoms. The summed E-state index contributed by atoms with van der Waals surface area (Å²) in [4.78, 5) is 0. The second kappa shape index (κ2) is 10.6. The molecule has 3 saturated heterocycles. The molecule has 0 aromatic carbocycles. The molecule has 3 rings (SSSR count). The highest BCUT2D eigenvalue weighted by Crippen LogP contribution is 2.41. The predicted molar refractivity (Wildman–Crippen MR) is 127 cm³/mol. The number of ether oxygens (including phenoxy) is 5. The van der Waals surface area contributed by atoms with Crippen LogP contribution < -0.4 is 0 Å². The summed E-state index contributed by atoms with van der Waals surface area (Å²) in [5.41, 5.74) is 0. The molecule has 0 radical (unpaired) electrons. The van der Waals surface area contributed by atoms with Gasteiger partial charge in [-0.1, -0.05) is 55.4 Å². The standard InChI is InChI=1S/C27H50O5/c1-12-23-16(5)14(3)18(7)27(30-23)31-24-19(8)21(10)28-22(11)25(24)32-26-17(6)13(2)15(4)20(9)29-26/h13-27H,12H2,1-11H3. The molecule has 3 fully saturated rings. The van der Waals surface area contributed by atoms with Gasteiger partial charge >= 0.3 is 0 Å². The minimum Gasteiger partial charge on any atom is -0.372 e. The first kappa shape index (κ1) is 26.4. The molecule has 188 valence electrons. The molecule has 0 N–H and O–H groups in total. The number of hydrogen-bond acceptors (Lipinski definition) is 5. The zero-order chi connectivity index (χ0) is 23.9. The van der Waals surface area contributed by atoms with Gasteiger partial charge in [0.1, 0.15) is 6.10 Å². The number of rotatable bonds is 5. The van der Waals surface area contributed by atoms with Crippen LogP contribution in [-0.4, -0.2) is 49.2 Å². The van der Waals surface area contributed by atoms with Crippen molar-refractivity contribution in [2.75, 3.05) is 0 Å². The van der Waals surface area contributed by atoms with Gasteiger partial charge in [-0.25, -0.2) is 0 Å². The zero-order valence-corrected chi connectivity index (χ0v) is 22.4. The van der Waals surface area contributed by atoms with Gasteiger partial charge in [-0.05, 0) is 50.9 Å². The van der Waals surface area contributed by atoms with Gasteiger partial charge in [0.15, 0.2) is 12.6 Å². The molecular weight excluding hydrogens is 404 g/mol. The van der Waals surface area contributed by atoms with E-state index in [0.717, 1.165) is 6.42 Å². The zero-order valence-electron chi connectivity index (χ0n) is 22.4. The maximum absolute atomic E-state index is 6.83. The van der Waals surface area contributed by atoms with Gasteiger partial charge in [-0.3, -0.25) is 0 Å². The van der Waals surface area contributed by atoms with Crippen molar-refractivity contribution in [1.29, 1.82) is 0 Å². The molecule has 0 saturated carbocycles. The molecule has 15 unspecified atom stereocenters. The molecule has 3 aliphatic rings. The fourth-order valence-electron chi connectivity index (χ4n) is 5.95. The molecular formula is C27H50O5. The van der Waals surface area contributed by atoms with Gasteiger partial charge in [0.2, 0.25) is 0 Å². The van der Waals surface area contributed by atoms with E-state index in [1.165, 1.54) is 0 Å². The first-order valence-corrected chi connectivity index (χ1v) is 13.2. The van der Waals surface area contributed by atoms with Crippen molar-refractivity contribution in [3.8, 4) is 0 Å². The van der Waals surface area contributed by atoms with E-state index in [2.05, 4.69) is 76.2 Å². The summed E-state index contributed by atoms with van der Waals surface area (Å²) in [6.07, 6.45) is 0.716. The van der Waals surface area contributed by atoms with Crippen molar-refractivity contribution in [3.05, 3.63) is 0 Å². The monoisotopic (exact) mass is 454 g/mol. The van der Waals surface area contributed by atoms with Crippen molar-refractivity contribution in [2.24, 2.45) is 41.4 Å². The van der Waals surface area contributed by atoms with Gasteiger partial charge in [0, 0.05) is 17.8 Å². The third-order valence-electron chi connectivity index (χ3n) is 9.62. The molecule has 3 heterocycles.